The second-order valence-electron chi connectivity index (χ2n) is 9.26. The first-order valence-corrected chi connectivity index (χ1v) is 12.3. The van der Waals surface area contributed by atoms with Crippen molar-refractivity contribution in [2.75, 3.05) is 18.6 Å². The Hall–Kier alpha value is -3.27. The van der Waals surface area contributed by atoms with Crippen LogP contribution in [0.25, 0.3) is 0 Å². The smallest absolute Gasteiger partial charge is 0.234 e. The van der Waals surface area contributed by atoms with Gasteiger partial charge in [0.15, 0.2) is 0 Å². The zero-order valence-corrected chi connectivity index (χ0v) is 20.7. The van der Waals surface area contributed by atoms with Gasteiger partial charge in [0.25, 0.3) is 0 Å². The fourth-order valence-electron chi connectivity index (χ4n) is 4.72. The second-order valence-corrected chi connectivity index (χ2v) is 9.26. The molecule has 0 heterocycles. The zero-order chi connectivity index (χ0) is 24.1. The van der Waals surface area contributed by atoms with Crippen LogP contribution in [0.2, 0.25) is 0 Å². The molecule has 34 heavy (non-hydrogen) atoms. The molecule has 0 aliphatic heterocycles. The average molecular weight is 458 g/mol. The highest BCUT2D eigenvalue weighted by Gasteiger charge is 2.31. The van der Waals surface area contributed by atoms with Gasteiger partial charge in [0.1, 0.15) is 11.5 Å². The van der Waals surface area contributed by atoms with Crippen molar-refractivity contribution in [2.24, 2.45) is 0 Å². The maximum atomic E-state index is 14.1. The van der Waals surface area contributed by atoms with Crippen molar-refractivity contribution in [1.29, 1.82) is 0 Å². The van der Waals surface area contributed by atoms with Crippen LogP contribution in [0.15, 0.2) is 66.7 Å². The van der Waals surface area contributed by atoms with E-state index in [0.717, 1.165) is 47.6 Å². The number of carbonyl (C=O) groups excluding carboxylic acids is 1. The number of rotatable bonds is 8. The molecule has 0 N–H and O–H groups in total. The Morgan fingerprint density at radius 2 is 1.71 bits per heavy atom. The lowest BCUT2D eigenvalue weighted by Gasteiger charge is -2.31. The third-order valence-electron chi connectivity index (χ3n) is 6.68. The standard InChI is InChI=1S/C30H35NO3/c1-5-34-26-16-9-22(10-17-26)20-31(25-14-11-23(12-15-25)21(2)3)30(32)28-8-6-7-24-13-18-27(33-4)19-29(24)28/h9-19,21,28H,5-8,20H2,1-4H3. The number of methoxy groups -OCH3 is 1. The fraction of sp³-hybridized carbons (Fsp3) is 0.367. The van der Waals surface area contributed by atoms with Crippen molar-refractivity contribution in [2.45, 2.75) is 58.4 Å². The Balaban J connectivity index is 1.68. The molecule has 3 aromatic rings. The van der Waals surface area contributed by atoms with Crippen LogP contribution in [-0.4, -0.2) is 19.6 Å². The van der Waals surface area contributed by atoms with E-state index in [9.17, 15) is 4.79 Å². The van der Waals surface area contributed by atoms with Gasteiger partial charge in [0, 0.05) is 5.69 Å². The lowest BCUT2D eigenvalue weighted by atomic mass is 9.81. The highest BCUT2D eigenvalue weighted by molar-refractivity contribution is 5.98. The molecular weight excluding hydrogens is 422 g/mol. The van der Waals surface area contributed by atoms with E-state index >= 15 is 0 Å². The third-order valence-corrected chi connectivity index (χ3v) is 6.68. The number of fused-ring (bicyclic) bond motifs is 1. The van der Waals surface area contributed by atoms with E-state index in [1.165, 1.54) is 11.1 Å². The van der Waals surface area contributed by atoms with E-state index in [1.54, 1.807) is 7.11 Å². The summed E-state index contributed by atoms with van der Waals surface area (Å²) in [7, 11) is 1.68. The average Bonchev–Trinajstić information content (AvgIpc) is 2.87. The molecule has 0 bridgehead atoms. The maximum Gasteiger partial charge on any atom is 0.234 e. The van der Waals surface area contributed by atoms with Gasteiger partial charge in [0.05, 0.1) is 26.2 Å². The van der Waals surface area contributed by atoms with Gasteiger partial charge >= 0.3 is 0 Å². The third kappa shape index (κ3) is 5.27. The highest BCUT2D eigenvalue weighted by atomic mass is 16.5. The first kappa shape index (κ1) is 23.9. The predicted molar refractivity (Wildman–Crippen MR) is 138 cm³/mol. The number of ether oxygens (including phenoxy) is 2. The molecule has 178 valence electrons. The summed E-state index contributed by atoms with van der Waals surface area (Å²) >= 11 is 0. The number of carbonyl (C=O) groups is 1. The number of nitrogens with zero attached hydrogens (tertiary/aromatic N) is 1. The molecule has 4 rings (SSSR count). The normalized spacial score (nSPS) is 15.0. The number of benzene rings is 3. The number of aryl methyl sites for hydroxylation is 1. The van der Waals surface area contributed by atoms with E-state index in [1.807, 2.05) is 48.2 Å². The Morgan fingerprint density at radius 1 is 1.00 bits per heavy atom. The number of anilines is 1. The molecule has 0 fully saturated rings. The molecular formula is C30H35NO3. The largest absolute Gasteiger partial charge is 0.497 e. The van der Waals surface area contributed by atoms with Gasteiger partial charge in [0.2, 0.25) is 5.91 Å². The second kappa shape index (κ2) is 10.8. The van der Waals surface area contributed by atoms with Crippen LogP contribution >= 0.6 is 0 Å². The minimum atomic E-state index is -0.175. The van der Waals surface area contributed by atoms with Gasteiger partial charge in [-0.25, -0.2) is 0 Å². The fourth-order valence-corrected chi connectivity index (χ4v) is 4.72. The summed E-state index contributed by atoms with van der Waals surface area (Å²) in [5.41, 5.74) is 5.63. The quantitative estimate of drug-likeness (QED) is 0.370. The van der Waals surface area contributed by atoms with Crippen molar-refractivity contribution >= 4 is 11.6 Å². The predicted octanol–water partition coefficient (Wildman–Crippen LogP) is 6.87. The summed E-state index contributed by atoms with van der Waals surface area (Å²) in [5.74, 6) is 2.06. The Bertz CT molecular complexity index is 1100. The molecule has 3 aromatic carbocycles. The van der Waals surface area contributed by atoms with Crippen molar-refractivity contribution in [3.63, 3.8) is 0 Å². The first-order valence-electron chi connectivity index (χ1n) is 12.3. The summed E-state index contributed by atoms with van der Waals surface area (Å²) < 4.78 is 11.1. The number of hydrogen-bond acceptors (Lipinski definition) is 3. The van der Waals surface area contributed by atoms with Gasteiger partial charge < -0.3 is 14.4 Å². The molecule has 0 radical (unpaired) electrons. The van der Waals surface area contributed by atoms with Crippen LogP contribution < -0.4 is 14.4 Å². The molecule has 1 unspecified atom stereocenters. The summed E-state index contributed by atoms with van der Waals surface area (Å²) in [6, 6.07) is 22.6. The highest BCUT2D eigenvalue weighted by Crippen LogP contribution is 2.37. The monoisotopic (exact) mass is 457 g/mol. The van der Waals surface area contributed by atoms with E-state index in [2.05, 4.69) is 44.2 Å². The molecule has 1 amide bonds. The lowest BCUT2D eigenvalue weighted by molar-refractivity contribution is -0.120. The minimum absolute atomic E-state index is 0.139. The molecule has 1 aliphatic carbocycles. The summed E-state index contributed by atoms with van der Waals surface area (Å²) in [5, 5.41) is 0. The van der Waals surface area contributed by atoms with Crippen molar-refractivity contribution in [1.82, 2.24) is 0 Å². The Labute approximate surface area is 203 Å². The van der Waals surface area contributed by atoms with Crippen LogP contribution in [0, 0.1) is 0 Å². The summed E-state index contributed by atoms with van der Waals surface area (Å²) in [6.07, 6.45) is 2.87. The van der Waals surface area contributed by atoms with Gasteiger partial charge in [-0.05, 0) is 90.8 Å². The van der Waals surface area contributed by atoms with Gasteiger partial charge in [-0.15, -0.1) is 0 Å². The summed E-state index contributed by atoms with van der Waals surface area (Å²) in [6.45, 7) is 7.50. The molecule has 0 saturated carbocycles. The van der Waals surface area contributed by atoms with Crippen LogP contribution in [-0.2, 0) is 17.8 Å². The topological polar surface area (TPSA) is 38.8 Å². The molecule has 1 aliphatic rings. The van der Waals surface area contributed by atoms with Gasteiger partial charge in [-0.1, -0.05) is 44.2 Å². The molecule has 1 atom stereocenters. The van der Waals surface area contributed by atoms with E-state index in [0.29, 0.717) is 19.1 Å². The number of amides is 1. The molecule has 0 aromatic heterocycles. The molecule has 4 nitrogen and oxygen atoms in total. The molecule has 4 heteroatoms. The van der Waals surface area contributed by atoms with Crippen LogP contribution in [0.4, 0.5) is 5.69 Å². The SMILES string of the molecule is CCOc1ccc(CN(C(=O)C2CCCc3ccc(OC)cc32)c2ccc(C(C)C)cc2)cc1. The van der Waals surface area contributed by atoms with Crippen molar-refractivity contribution in [3.05, 3.63) is 89.0 Å². The lowest BCUT2D eigenvalue weighted by Crippen LogP contribution is -2.36. The molecule has 0 saturated heterocycles. The van der Waals surface area contributed by atoms with Gasteiger partial charge in [-0.3, -0.25) is 4.79 Å². The van der Waals surface area contributed by atoms with Crippen LogP contribution in [0.1, 0.15) is 67.7 Å². The summed E-state index contributed by atoms with van der Waals surface area (Å²) in [4.78, 5) is 16.1. The molecule has 0 spiro atoms. The number of hydrogen-bond donors (Lipinski definition) is 0. The first-order chi connectivity index (χ1) is 16.5. The van der Waals surface area contributed by atoms with E-state index in [-0.39, 0.29) is 11.8 Å². The Kier molecular flexibility index (Phi) is 7.56. The Morgan fingerprint density at radius 3 is 2.35 bits per heavy atom. The van der Waals surface area contributed by atoms with E-state index in [4.69, 9.17) is 9.47 Å². The van der Waals surface area contributed by atoms with E-state index < -0.39 is 0 Å². The van der Waals surface area contributed by atoms with Gasteiger partial charge in [-0.2, -0.15) is 0 Å². The zero-order valence-electron chi connectivity index (χ0n) is 20.7. The van der Waals surface area contributed by atoms with Crippen molar-refractivity contribution in [3.8, 4) is 11.5 Å². The minimum Gasteiger partial charge on any atom is -0.497 e. The van der Waals surface area contributed by atoms with Crippen LogP contribution in [0.5, 0.6) is 11.5 Å². The maximum absolute atomic E-state index is 14.1. The van der Waals surface area contributed by atoms with Crippen LogP contribution in [0.3, 0.4) is 0 Å². The van der Waals surface area contributed by atoms with Crippen molar-refractivity contribution < 1.29 is 14.3 Å².